The standard InChI is InChI=1S/C20H18N4O2/c1-11-12(2)19(25)23-16-10-14(7-8-15(11)16)22-20(26)18-13(3)21-17-6-4-5-9-24(17)18/h4-10,15H,1-3H3,(H,23,25). The van der Waals surface area contributed by atoms with Crippen molar-refractivity contribution >= 4 is 23.2 Å². The number of pyridine rings is 1. The summed E-state index contributed by atoms with van der Waals surface area (Å²) in [5, 5.41) is 2.88. The van der Waals surface area contributed by atoms with E-state index in [4.69, 9.17) is 0 Å². The maximum Gasteiger partial charge on any atom is 0.296 e. The predicted molar refractivity (Wildman–Crippen MR) is 98.9 cm³/mol. The molecule has 0 bridgehead atoms. The zero-order chi connectivity index (χ0) is 18.4. The van der Waals surface area contributed by atoms with Gasteiger partial charge in [0.25, 0.3) is 11.8 Å². The molecule has 1 N–H and O–H groups in total. The third-order valence-electron chi connectivity index (χ3n) is 4.89. The van der Waals surface area contributed by atoms with Crippen LogP contribution >= 0.6 is 0 Å². The molecule has 0 aromatic carbocycles. The van der Waals surface area contributed by atoms with Gasteiger partial charge in [-0.3, -0.25) is 14.0 Å². The summed E-state index contributed by atoms with van der Waals surface area (Å²) in [6.07, 6.45) is 7.33. The van der Waals surface area contributed by atoms with Crippen molar-refractivity contribution in [1.29, 1.82) is 0 Å². The number of aryl methyl sites for hydroxylation is 1. The lowest BCUT2D eigenvalue weighted by Gasteiger charge is -2.28. The van der Waals surface area contributed by atoms with Crippen LogP contribution in [-0.4, -0.2) is 26.9 Å². The first-order valence-corrected chi connectivity index (χ1v) is 8.41. The number of nitrogens with zero attached hydrogens (tertiary/aromatic N) is 3. The maximum absolute atomic E-state index is 12.7. The van der Waals surface area contributed by atoms with Crippen LogP contribution in [0.4, 0.5) is 0 Å². The predicted octanol–water partition coefficient (Wildman–Crippen LogP) is 2.76. The Morgan fingerprint density at radius 1 is 1.27 bits per heavy atom. The second-order valence-corrected chi connectivity index (χ2v) is 6.52. The average Bonchev–Trinajstić information content (AvgIpc) is 2.95. The van der Waals surface area contributed by atoms with E-state index in [0.717, 1.165) is 16.8 Å². The molecule has 6 heteroatoms. The van der Waals surface area contributed by atoms with Crippen LogP contribution in [0.2, 0.25) is 0 Å². The van der Waals surface area contributed by atoms with Crippen LogP contribution in [0.25, 0.3) is 5.65 Å². The number of hydrogen-bond donors (Lipinski definition) is 1. The number of nitrogens with one attached hydrogen (secondary N) is 1. The largest absolute Gasteiger partial charge is 0.325 e. The van der Waals surface area contributed by atoms with Gasteiger partial charge in [-0.1, -0.05) is 17.7 Å². The Morgan fingerprint density at radius 2 is 2.08 bits per heavy atom. The number of fused-ring (bicyclic) bond motifs is 2. The molecule has 0 fully saturated rings. The molecule has 130 valence electrons. The monoisotopic (exact) mass is 346 g/mol. The van der Waals surface area contributed by atoms with Crippen LogP contribution in [-0.2, 0) is 4.79 Å². The van der Waals surface area contributed by atoms with Gasteiger partial charge in [0.15, 0.2) is 0 Å². The highest BCUT2D eigenvalue weighted by atomic mass is 16.2. The summed E-state index contributed by atoms with van der Waals surface area (Å²) in [5.41, 5.74) is 4.80. The molecule has 3 heterocycles. The van der Waals surface area contributed by atoms with Gasteiger partial charge in [0.05, 0.1) is 11.4 Å². The van der Waals surface area contributed by atoms with Gasteiger partial charge in [0, 0.05) is 23.4 Å². The van der Waals surface area contributed by atoms with Gasteiger partial charge in [-0.25, -0.2) is 9.98 Å². The summed E-state index contributed by atoms with van der Waals surface area (Å²) in [6.45, 7) is 5.56. The molecule has 1 unspecified atom stereocenters. The molecule has 2 aliphatic rings. The summed E-state index contributed by atoms with van der Waals surface area (Å²) in [5.74, 6) is -0.440. The molecular weight excluding hydrogens is 328 g/mol. The number of carbonyl (C=O) groups excluding carboxylic acids is 2. The first-order chi connectivity index (χ1) is 12.5. The first-order valence-electron chi connectivity index (χ1n) is 8.41. The Balaban J connectivity index is 1.71. The molecule has 0 saturated carbocycles. The SMILES string of the molecule is CC1=C(C)C2C=CC(=NC(=O)c3c(C)nc4ccccn34)C=C2NC1=O. The highest BCUT2D eigenvalue weighted by Gasteiger charge is 2.27. The topological polar surface area (TPSA) is 75.8 Å². The Hall–Kier alpha value is -3.28. The third-order valence-corrected chi connectivity index (χ3v) is 4.89. The normalized spacial score (nSPS) is 21.0. The number of allylic oxidation sites excluding steroid dienone is 3. The van der Waals surface area contributed by atoms with Gasteiger partial charge in [-0.05, 0) is 45.1 Å². The molecule has 1 aliphatic heterocycles. The van der Waals surface area contributed by atoms with Gasteiger partial charge in [0.1, 0.15) is 11.3 Å². The fourth-order valence-corrected chi connectivity index (χ4v) is 3.34. The number of amides is 2. The van der Waals surface area contributed by atoms with Crippen molar-refractivity contribution in [3.63, 3.8) is 0 Å². The van der Waals surface area contributed by atoms with Crippen molar-refractivity contribution in [3.05, 3.63) is 70.9 Å². The molecule has 1 atom stereocenters. The van der Waals surface area contributed by atoms with Crippen molar-refractivity contribution in [3.8, 4) is 0 Å². The van der Waals surface area contributed by atoms with Crippen LogP contribution in [0, 0.1) is 12.8 Å². The Kier molecular flexibility index (Phi) is 3.68. The van der Waals surface area contributed by atoms with E-state index in [1.165, 1.54) is 0 Å². The van der Waals surface area contributed by atoms with E-state index in [1.807, 2.05) is 44.2 Å². The molecule has 0 radical (unpaired) electrons. The second-order valence-electron chi connectivity index (χ2n) is 6.52. The molecule has 2 amide bonds. The van der Waals surface area contributed by atoms with Crippen molar-refractivity contribution in [1.82, 2.24) is 14.7 Å². The smallest absolute Gasteiger partial charge is 0.296 e. The Labute approximate surface area is 150 Å². The van der Waals surface area contributed by atoms with E-state index in [1.54, 1.807) is 23.6 Å². The van der Waals surface area contributed by atoms with Crippen molar-refractivity contribution < 1.29 is 9.59 Å². The van der Waals surface area contributed by atoms with E-state index >= 15 is 0 Å². The van der Waals surface area contributed by atoms with Crippen molar-refractivity contribution in [2.75, 3.05) is 0 Å². The molecular formula is C20H18N4O2. The van der Waals surface area contributed by atoms with Crippen molar-refractivity contribution in [2.24, 2.45) is 10.9 Å². The van der Waals surface area contributed by atoms with E-state index in [0.29, 0.717) is 22.7 Å². The molecule has 0 spiro atoms. The Bertz CT molecular complexity index is 1080. The number of rotatable bonds is 1. The summed E-state index contributed by atoms with van der Waals surface area (Å²) in [7, 11) is 0. The quantitative estimate of drug-likeness (QED) is 0.863. The third kappa shape index (κ3) is 2.50. The minimum atomic E-state index is -0.360. The minimum Gasteiger partial charge on any atom is -0.325 e. The van der Waals surface area contributed by atoms with Crippen molar-refractivity contribution in [2.45, 2.75) is 20.8 Å². The number of aliphatic imine (C=N–C) groups is 1. The highest BCUT2D eigenvalue weighted by molar-refractivity contribution is 6.14. The molecule has 1 aliphatic carbocycles. The lowest BCUT2D eigenvalue weighted by atomic mass is 9.85. The van der Waals surface area contributed by atoms with E-state index in [2.05, 4.69) is 15.3 Å². The fourth-order valence-electron chi connectivity index (χ4n) is 3.34. The first kappa shape index (κ1) is 16.2. The molecule has 26 heavy (non-hydrogen) atoms. The zero-order valence-corrected chi connectivity index (χ0v) is 14.8. The van der Waals surface area contributed by atoms with Gasteiger partial charge < -0.3 is 5.32 Å². The Morgan fingerprint density at radius 3 is 2.88 bits per heavy atom. The van der Waals surface area contributed by atoms with Gasteiger partial charge in [-0.2, -0.15) is 0 Å². The van der Waals surface area contributed by atoms with E-state index in [9.17, 15) is 9.59 Å². The zero-order valence-electron chi connectivity index (χ0n) is 14.8. The van der Waals surface area contributed by atoms with Gasteiger partial charge in [0.2, 0.25) is 0 Å². The summed E-state index contributed by atoms with van der Waals surface area (Å²) < 4.78 is 1.74. The van der Waals surface area contributed by atoms with E-state index < -0.39 is 0 Å². The number of carbonyl (C=O) groups is 2. The molecule has 4 rings (SSSR count). The minimum absolute atomic E-state index is 0.0271. The lowest BCUT2D eigenvalue weighted by molar-refractivity contribution is -0.117. The highest BCUT2D eigenvalue weighted by Crippen LogP contribution is 2.29. The summed E-state index contributed by atoms with van der Waals surface area (Å²) >= 11 is 0. The maximum atomic E-state index is 12.7. The van der Waals surface area contributed by atoms with Crippen LogP contribution in [0.5, 0.6) is 0 Å². The molecule has 6 nitrogen and oxygen atoms in total. The van der Waals surface area contributed by atoms with Crippen LogP contribution in [0.1, 0.15) is 30.0 Å². The lowest BCUT2D eigenvalue weighted by Crippen LogP contribution is -2.35. The number of aromatic nitrogens is 2. The molecule has 0 saturated heterocycles. The van der Waals surface area contributed by atoms with Gasteiger partial charge >= 0.3 is 0 Å². The van der Waals surface area contributed by atoms with Crippen LogP contribution in [0.15, 0.2) is 64.5 Å². The van der Waals surface area contributed by atoms with Crippen LogP contribution < -0.4 is 5.32 Å². The summed E-state index contributed by atoms with van der Waals surface area (Å²) in [6, 6.07) is 5.57. The van der Waals surface area contributed by atoms with Gasteiger partial charge in [-0.15, -0.1) is 0 Å². The second kappa shape index (κ2) is 5.91. The fraction of sp³-hybridized carbons (Fsp3) is 0.200. The molecule has 2 aromatic rings. The number of imidazole rings is 1. The van der Waals surface area contributed by atoms with E-state index in [-0.39, 0.29) is 17.7 Å². The number of hydrogen-bond acceptors (Lipinski definition) is 3. The average molecular weight is 346 g/mol. The summed E-state index contributed by atoms with van der Waals surface area (Å²) in [4.78, 5) is 33.4. The van der Waals surface area contributed by atoms with Crippen LogP contribution in [0.3, 0.4) is 0 Å². The molecule has 2 aromatic heterocycles.